The van der Waals surface area contributed by atoms with Gasteiger partial charge in [-0.3, -0.25) is 13.9 Å². The minimum atomic E-state index is -0.426. The van der Waals surface area contributed by atoms with Crippen LogP contribution in [0.15, 0.2) is 34.0 Å². The molecule has 2 aromatic heterocycles. The zero-order valence-corrected chi connectivity index (χ0v) is 15.4. The van der Waals surface area contributed by atoms with Crippen molar-refractivity contribution in [2.45, 2.75) is 13.3 Å². The first-order chi connectivity index (χ1) is 11.8. The highest BCUT2D eigenvalue weighted by molar-refractivity contribution is 6.36. The van der Waals surface area contributed by atoms with Crippen LogP contribution in [-0.4, -0.2) is 14.1 Å². The van der Waals surface area contributed by atoms with Crippen LogP contribution in [0.1, 0.15) is 12.5 Å². The zero-order valence-electron chi connectivity index (χ0n) is 13.9. The third-order valence-corrected chi connectivity index (χ3v) is 4.67. The van der Waals surface area contributed by atoms with Crippen molar-refractivity contribution in [1.29, 1.82) is 0 Å². The molecule has 1 N–H and O–H groups in total. The summed E-state index contributed by atoms with van der Waals surface area (Å²) in [7, 11) is 3.03. The highest BCUT2D eigenvalue weighted by Crippen LogP contribution is 2.32. The highest BCUT2D eigenvalue weighted by atomic mass is 35.5. The van der Waals surface area contributed by atoms with Gasteiger partial charge in [0.1, 0.15) is 5.39 Å². The highest BCUT2D eigenvalue weighted by Gasteiger charge is 2.17. The summed E-state index contributed by atoms with van der Waals surface area (Å²) in [5.41, 5.74) is 1.53. The number of hydrogen-bond donors (Lipinski definition) is 1. The van der Waals surface area contributed by atoms with Crippen LogP contribution in [0.4, 0.5) is 11.4 Å². The fourth-order valence-corrected chi connectivity index (χ4v) is 3.16. The van der Waals surface area contributed by atoms with Gasteiger partial charge in [-0.25, -0.2) is 9.78 Å². The maximum atomic E-state index is 12.7. The number of aryl methyl sites for hydroxylation is 2. The van der Waals surface area contributed by atoms with E-state index in [-0.39, 0.29) is 0 Å². The molecule has 0 amide bonds. The predicted molar refractivity (Wildman–Crippen MR) is 101 cm³/mol. The van der Waals surface area contributed by atoms with Crippen LogP contribution >= 0.6 is 23.2 Å². The lowest BCUT2D eigenvalue weighted by atomic mass is 10.1. The second-order valence-electron chi connectivity index (χ2n) is 5.67. The van der Waals surface area contributed by atoms with Gasteiger partial charge in [0.15, 0.2) is 5.65 Å². The number of nitrogens with zero attached hydrogens (tertiary/aromatic N) is 3. The van der Waals surface area contributed by atoms with Crippen molar-refractivity contribution in [3.05, 3.63) is 60.8 Å². The van der Waals surface area contributed by atoms with Crippen molar-refractivity contribution in [1.82, 2.24) is 14.1 Å². The Labute approximate surface area is 153 Å². The van der Waals surface area contributed by atoms with E-state index < -0.39 is 11.2 Å². The van der Waals surface area contributed by atoms with Gasteiger partial charge in [0.05, 0.1) is 16.4 Å². The Hall–Kier alpha value is -2.31. The monoisotopic (exact) mass is 378 g/mol. The van der Waals surface area contributed by atoms with Gasteiger partial charge in [-0.15, -0.1) is 0 Å². The van der Waals surface area contributed by atoms with Gasteiger partial charge in [0.25, 0.3) is 5.56 Å². The maximum Gasteiger partial charge on any atom is 0.332 e. The molecule has 0 aliphatic carbocycles. The normalized spacial score (nSPS) is 11.1. The van der Waals surface area contributed by atoms with Crippen LogP contribution in [0.3, 0.4) is 0 Å². The summed E-state index contributed by atoms with van der Waals surface area (Å²) in [5.74, 6) is 0. The van der Waals surface area contributed by atoms with Crippen molar-refractivity contribution in [3.8, 4) is 0 Å². The predicted octanol–water partition coefficient (Wildman–Crippen LogP) is 3.25. The summed E-state index contributed by atoms with van der Waals surface area (Å²) < 4.78 is 2.42. The Bertz CT molecular complexity index is 1100. The largest absolute Gasteiger partial charge is 0.353 e. The van der Waals surface area contributed by atoms with E-state index in [2.05, 4.69) is 10.3 Å². The summed E-state index contributed by atoms with van der Waals surface area (Å²) in [4.78, 5) is 29.2. The number of hydrogen-bond acceptors (Lipinski definition) is 4. The molecule has 130 valence electrons. The number of benzene rings is 1. The number of nitrogens with one attached hydrogen (secondary N) is 1. The Morgan fingerprint density at radius 3 is 2.52 bits per heavy atom. The van der Waals surface area contributed by atoms with Crippen LogP contribution in [0, 0.1) is 0 Å². The smallest absolute Gasteiger partial charge is 0.332 e. The number of aromatic nitrogens is 3. The van der Waals surface area contributed by atoms with Gasteiger partial charge in [-0.1, -0.05) is 30.1 Å². The Morgan fingerprint density at radius 1 is 1.16 bits per heavy atom. The number of halogens is 2. The molecular formula is C17H16Cl2N4O2. The van der Waals surface area contributed by atoms with Crippen LogP contribution in [0.5, 0.6) is 0 Å². The molecule has 0 bridgehead atoms. The van der Waals surface area contributed by atoms with Gasteiger partial charge in [0.2, 0.25) is 0 Å². The zero-order chi connectivity index (χ0) is 18.3. The van der Waals surface area contributed by atoms with Crippen LogP contribution in [0.25, 0.3) is 11.0 Å². The molecule has 2 heterocycles. The minimum Gasteiger partial charge on any atom is -0.353 e. The molecule has 0 saturated heterocycles. The molecule has 0 aliphatic rings. The van der Waals surface area contributed by atoms with Gasteiger partial charge >= 0.3 is 5.69 Å². The quantitative estimate of drug-likeness (QED) is 0.759. The van der Waals surface area contributed by atoms with E-state index in [0.717, 1.165) is 10.1 Å². The van der Waals surface area contributed by atoms with E-state index in [9.17, 15) is 9.59 Å². The van der Waals surface area contributed by atoms with E-state index in [1.54, 1.807) is 31.4 Å². The fourth-order valence-electron chi connectivity index (χ4n) is 2.70. The number of rotatable bonds is 3. The van der Waals surface area contributed by atoms with Crippen LogP contribution in [-0.2, 0) is 20.5 Å². The number of pyridine rings is 1. The standard InChI is InChI=1S/C17H16Cl2N4O2/c1-4-9-8-20-15-13(16(24)23(3)17(25)22(15)2)14(9)21-12-6-5-10(18)7-11(12)19/h5-8H,4H2,1-3H3,(H,20,21). The maximum absolute atomic E-state index is 12.7. The lowest BCUT2D eigenvalue weighted by molar-refractivity contribution is 0.707. The average Bonchev–Trinajstić information content (AvgIpc) is 2.59. The molecule has 1 aromatic carbocycles. The lowest BCUT2D eigenvalue weighted by Crippen LogP contribution is -2.37. The molecule has 0 atom stereocenters. The molecule has 0 radical (unpaired) electrons. The SMILES string of the molecule is CCc1cnc2c(c1Nc1ccc(Cl)cc1Cl)c(=O)n(C)c(=O)n2C. The first-order valence-electron chi connectivity index (χ1n) is 7.64. The van der Waals surface area contributed by atoms with Crippen molar-refractivity contribution >= 4 is 45.6 Å². The lowest BCUT2D eigenvalue weighted by Gasteiger charge is -2.16. The van der Waals surface area contributed by atoms with Gasteiger partial charge < -0.3 is 5.32 Å². The van der Waals surface area contributed by atoms with E-state index >= 15 is 0 Å². The number of fused-ring (bicyclic) bond motifs is 1. The third kappa shape index (κ3) is 2.92. The van der Waals surface area contributed by atoms with Crippen LogP contribution < -0.4 is 16.6 Å². The molecule has 8 heteroatoms. The number of anilines is 2. The molecule has 6 nitrogen and oxygen atoms in total. The van der Waals surface area contributed by atoms with Crippen LogP contribution in [0.2, 0.25) is 10.0 Å². The minimum absolute atomic E-state index is 0.317. The molecule has 0 fully saturated rings. The van der Waals surface area contributed by atoms with Gasteiger partial charge in [-0.2, -0.15) is 0 Å². The summed E-state index contributed by atoms with van der Waals surface area (Å²) in [6.45, 7) is 1.96. The summed E-state index contributed by atoms with van der Waals surface area (Å²) in [6.07, 6.45) is 2.32. The Morgan fingerprint density at radius 2 is 1.88 bits per heavy atom. The molecule has 3 aromatic rings. The van der Waals surface area contributed by atoms with E-state index in [1.165, 1.54) is 11.6 Å². The van der Waals surface area contributed by atoms with Gasteiger partial charge in [-0.05, 0) is 30.2 Å². The molecule has 0 saturated carbocycles. The molecule has 3 rings (SSSR count). The van der Waals surface area contributed by atoms with Crippen molar-refractivity contribution in [2.24, 2.45) is 14.1 Å². The average molecular weight is 379 g/mol. The molecule has 0 spiro atoms. The second-order valence-corrected chi connectivity index (χ2v) is 6.51. The van der Waals surface area contributed by atoms with Crippen molar-refractivity contribution < 1.29 is 0 Å². The van der Waals surface area contributed by atoms with Crippen molar-refractivity contribution in [3.63, 3.8) is 0 Å². The first kappa shape index (κ1) is 17.5. The van der Waals surface area contributed by atoms with E-state index in [4.69, 9.17) is 23.2 Å². The van der Waals surface area contributed by atoms with E-state index in [1.807, 2.05) is 6.92 Å². The first-order valence-corrected chi connectivity index (χ1v) is 8.40. The summed E-state index contributed by atoms with van der Waals surface area (Å²) in [5, 5.41) is 4.51. The summed E-state index contributed by atoms with van der Waals surface area (Å²) in [6, 6.07) is 5.07. The summed E-state index contributed by atoms with van der Waals surface area (Å²) >= 11 is 12.2. The second kappa shape index (κ2) is 6.54. The van der Waals surface area contributed by atoms with Crippen molar-refractivity contribution in [2.75, 3.05) is 5.32 Å². The Kier molecular flexibility index (Phi) is 4.58. The van der Waals surface area contributed by atoms with Gasteiger partial charge in [0, 0.05) is 25.3 Å². The topological polar surface area (TPSA) is 68.9 Å². The molecular weight excluding hydrogens is 363 g/mol. The molecule has 25 heavy (non-hydrogen) atoms. The Balaban J connectivity index is 2.36. The fraction of sp³-hybridized carbons (Fsp3) is 0.235. The molecule has 0 aliphatic heterocycles. The third-order valence-electron chi connectivity index (χ3n) is 4.12. The molecule has 0 unspecified atom stereocenters. The van der Waals surface area contributed by atoms with E-state index in [0.29, 0.717) is 38.9 Å².